The molecule has 0 atom stereocenters. The predicted molar refractivity (Wildman–Crippen MR) is 83.7 cm³/mol. The number of unbranched alkanes of at least 4 members (excludes halogenated alkanes) is 1. The Morgan fingerprint density at radius 1 is 1.05 bits per heavy atom. The Morgan fingerprint density at radius 2 is 1.86 bits per heavy atom. The van der Waals surface area contributed by atoms with Crippen LogP contribution in [-0.4, -0.2) is 19.8 Å². The molecule has 5 heteroatoms. The van der Waals surface area contributed by atoms with Gasteiger partial charge in [0.25, 0.3) is 0 Å². The first-order chi connectivity index (χ1) is 10.4. The van der Waals surface area contributed by atoms with Crippen molar-refractivity contribution in [1.29, 1.82) is 0 Å². The molecule has 1 aliphatic rings. The number of rotatable bonds is 6. The summed E-state index contributed by atoms with van der Waals surface area (Å²) in [4.78, 5) is 0.954. The van der Waals surface area contributed by atoms with E-state index in [1.165, 1.54) is 36.3 Å². The third-order valence-corrected chi connectivity index (χ3v) is 4.91. The molecule has 0 amide bonds. The van der Waals surface area contributed by atoms with Crippen molar-refractivity contribution in [2.24, 2.45) is 0 Å². The third kappa shape index (κ3) is 2.83. The van der Waals surface area contributed by atoms with Gasteiger partial charge in [-0.3, -0.25) is 0 Å². The Balaban J connectivity index is 1.34. The highest BCUT2D eigenvalue weighted by Gasteiger charge is 2.29. The molecule has 1 saturated carbocycles. The standard InChI is InChI=1S/C16H18N4S/c1-2-6-12(7-3-1)8-4-5-9-14-19-20-15(13-10-11-13)17-18-16(20)21-14/h1-3,6-7,13H,4-5,8-11H2. The summed E-state index contributed by atoms with van der Waals surface area (Å²) < 4.78 is 1.97. The molecule has 21 heavy (non-hydrogen) atoms. The topological polar surface area (TPSA) is 43.1 Å². The van der Waals surface area contributed by atoms with Gasteiger partial charge in [-0.05, 0) is 37.7 Å². The molecule has 0 bridgehead atoms. The van der Waals surface area contributed by atoms with Gasteiger partial charge in [0.05, 0.1) is 0 Å². The SMILES string of the molecule is c1ccc(CCCCc2nn3c(C4CC4)nnc3s2)cc1. The van der Waals surface area contributed by atoms with E-state index in [1.54, 1.807) is 11.3 Å². The summed E-state index contributed by atoms with van der Waals surface area (Å²) in [6.45, 7) is 0. The minimum atomic E-state index is 0.605. The van der Waals surface area contributed by atoms with Gasteiger partial charge >= 0.3 is 0 Å². The zero-order valence-corrected chi connectivity index (χ0v) is 12.7. The zero-order valence-electron chi connectivity index (χ0n) is 11.9. The molecule has 2 aromatic heterocycles. The lowest BCUT2D eigenvalue weighted by atomic mass is 10.1. The van der Waals surface area contributed by atoms with Gasteiger partial charge in [0, 0.05) is 12.3 Å². The van der Waals surface area contributed by atoms with Crippen LogP contribution >= 0.6 is 11.3 Å². The van der Waals surface area contributed by atoms with E-state index in [0.717, 1.165) is 23.6 Å². The molecule has 108 valence electrons. The highest BCUT2D eigenvalue weighted by atomic mass is 32.1. The van der Waals surface area contributed by atoms with Gasteiger partial charge in [-0.25, -0.2) is 0 Å². The van der Waals surface area contributed by atoms with Crippen LogP contribution in [0.25, 0.3) is 4.96 Å². The van der Waals surface area contributed by atoms with Gasteiger partial charge in [0.1, 0.15) is 5.01 Å². The fourth-order valence-corrected chi connectivity index (χ4v) is 3.50. The number of aromatic nitrogens is 4. The highest BCUT2D eigenvalue weighted by Crippen LogP contribution is 2.39. The first-order valence-electron chi connectivity index (χ1n) is 7.65. The maximum absolute atomic E-state index is 4.69. The van der Waals surface area contributed by atoms with Crippen LogP contribution in [-0.2, 0) is 12.8 Å². The molecule has 1 aromatic carbocycles. The summed E-state index contributed by atoms with van der Waals surface area (Å²) in [6.07, 6.45) is 7.07. The quantitative estimate of drug-likeness (QED) is 0.653. The largest absolute Gasteiger partial charge is 0.234 e. The van der Waals surface area contributed by atoms with Gasteiger partial charge in [0.2, 0.25) is 4.96 Å². The lowest BCUT2D eigenvalue weighted by Crippen LogP contribution is -1.95. The van der Waals surface area contributed by atoms with Crippen molar-refractivity contribution in [3.8, 4) is 0 Å². The van der Waals surface area contributed by atoms with E-state index in [2.05, 4.69) is 45.6 Å². The molecule has 4 rings (SSSR count). The van der Waals surface area contributed by atoms with Gasteiger partial charge in [0.15, 0.2) is 5.82 Å². The van der Waals surface area contributed by atoms with Gasteiger partial charge in [-0.2, -0.15) is 9.61 Å². The zero-order chi connectivity index (χ0) is 14.1. The second-order valence-electron chi connectivity index (χ2n) is 5.72. The maximum Gasteiger partial charge on any atom is 0.234 e. The number of hydrogen-bond donors (Lipinski definition) is 0. The number of nitrogens with zero attached hydrogens (tertiary/aromatic N) is 4. The van der Waals surface area contributed by atoms with Crippen LogP contribution < -0.4 is 0 Å². The summed E-state index contributed by atoms with van der Waals surface area (Å²) in [5.74, 6) is 1.67. The molecule has 3 aromatic rings. The summed E-state index contributed by atoms with van der Waals surface area (Å²) in [6, 6.07) is 10.7. The van der Waals surface area contributed by atoms with Crippen LogP contribution in [0.5, 0.6) is 0 Å². The number of hydrogen-bond acceptors (Lipinski definition) is 4. The van der Waals surface area contributed by atoms with E-state index in [1.807, 2.05) is 4.52 Å². The fourth-order valence-electron chi connectivity index (χ4n) is 2.62. The molecule has 0 aliphatic heterocycles. The molecule has 2 heterocycles. The van der Waals surface area contributed by atoms with Crippen LogP contribution in [0.3, 0.4) is 0 Å². The van der Waals surface area contributed by atoms with E-state index in [0.29, 0.717) is 5.92 Å². The monoisotopic (exact) mass is 298 g/mol. The highest BCUT2D eigenvalue weighted by molar-refractivity contribution is 7.16. The third-order valence-electron chi connectivity index (χ3n) is 3.95. The van der Waals surface area contributed by atoms with Crippen molar-refractivity contribution >= 4 is 16.3 Å². The van der Waals surface area contributed by atoms with E-state index in [9.17, 15) is 0 Å². The average molecular weight is 298 g/mol. The molecule has 4 nitrogen and oxygen atoms in total. The normalized spacial score (nSPS) is 14.9. The summed E-state index contributed by atoms with van der Waals surface area (Å²) >= 11 is 1.69. The van der Waals surface area contributed by atoms with Crippen molar-refractivity contribution in [1.82, 2.24) is 19.8 Å². The fraction of sp³-hybridized carbons (Fsp3) is 0.438. The van der Waals surface area contributed by atoms with Crippen molar-refractivity contribution < 1.29 is 0 Å². The second kappa shape index (κ2) is 5.56. The summed E-state index contributed by atoms with van der Waals surface area (Å²) in [7, 11) is 0. The van der Waals surface area contributed by atoms with Gasteiger partial charge < -0.3 is 0 Å². The molecular formula is C16H18N4S. The van der Waals surface area contributed by atoms with Crippen LogP contribution in [0.1, 0.15) is 48.0 Å². The number of aryl methyl sites for hydroxylation is 2. The number of benzene rings is 1. The molecule has 1 aliphatic carbocycles. The molecular weight excluding hydrogens is 280 g/mol. The van der Waals surface area contributed by atoms with Gasteiger partial charge in [-0.1, -0.05) is 41.7 Å². The lowest BCUT2D eigenvalue weighted by molar-refractivity contribution is 0.714. The maximum atomic E-state index is 4.69. The predicted octanol–water partition coefficient (Wildman–Crippen LogP) is 3.63. The Hall–Kier alpha value is -1.75. The molecule has 0 spiro atoms. The van der Waals surface area contributed by atoms with E-state index >= 15 is 0 Å². The van der Waals surface area contributed by atoms with E-state index < -0.39 is 0 Å². The Labute approximate surface area is 127 Å². The molecule has 0 unspecified atom stereocenters. The molecule has 0 N–H and O–H groups in total. The first kappa shape index (κ1) is 13.0. The Morgan fingerprint density at radius 3 is 2.67 bits per heavy atom. The van der Waals surface area contributed by atoms with Crippen molar-refractivity contribution in [2.75, 3.05) is 0 Å². The molecule has 0 saturated heterocycles. The minimum Gasteiger partial charge on any atom is -0.187 e. The molecule has 0 radical (unpaired) electrons. The lowest BCUT2D eigenvalue weighted by Gasteiger charge is -1.99. The van der Waals surface area contributed by atoms with Crippen LogP contribution in [0.2, 0.25) is 0 Å². The van der Waals surface area contributed by atoms with Crippen molar-refractivity contribution in [3.63, 3.8) is 0 Å². The van der Waals surface area contributed by atoms with Crippen LogP contribution in [0, 0.1) is 0 Å². The van der Waals surface area contributed by atoms with E-state index in [-0.39, 0.29) is 0 Å². The van der Waals surface area contributed by atoms with E-state index in [4.69, 9.17) is 0 Å². The Kier molecular flexibility index (Phi) is 3.43. The smallest absolute Gasteiger partial charge is 0.187 e. The minimum absolute atomic E-state index is 0.605. The number of fused-ring (bicyclic) bond motifs is 1. The Bertz CT molecular complexity index is 727. The molecule has 1 fully saturated rings. The van der Waals surface area contributed by atoms with Crippen molar-refractivity contribution in [3.05, 3.63) is 46.7 Å². The second-order valence-corrected chi connectivity index (χ2v) is 6.76. The van der Waals surface area contributed by atoms with Crippen LogP contribution in [0.15, 0.2) is 30.3 Å². The van der Waals surface area contributed by atoms with Crippen molar-refractivity contribution in [2.45, 2.75) is 44.4 Å². The van der Waals surface area contributed by atoms with Gasteiger partial charge in [-0.15, -0.1) is 10.2 Å². The average Bonchev–Trinajstić information content (AvgIpc) is 3.15. The summed E-state index contributed by atoms with van der Waals surface area (Å²) in [5, 5.41) is 14.4. The van der Waals surface area contributed by atoms with Crippen LogP contribution in [0.4, 0.5) is 0 Å². The first-order valence-corrected chi connectivity index (χ1v) is 8.47. The summed E-state index contributed by atoms with van der Waals surface area (Å²) in [5.41, 5.74) is 1.42.